The van der Waals surface area contributed by atoms with Crippen LogP contribution in [0.1, 0.15) is 51.5 Å². The van der Waals surface area contributed by atoms with E-state index in [0.29, 0.717) is 34.7 Å². The summed E-state index contributed by atoms with van der Waals surface area (Å²) in [6.45, 7) is 10.4. The molecule has 0 aliphatic carbocycles. The largest absolute Gasteiger partial charge is 0.333 e. The predicted octanol–water partition coefficient (Wildman–Crippen LogP) is 5.30. The van der Waals surface area contributed by atoms with Crippen molar-refractivity contribution in [1.82, 2.24) is 14.5 Å². The van der Waals surface area contributed by atoms with Gasteiger partial charge in [-0.1, -0.05) is 37.6 Å². The highest BCUT2D eigenvalue weighted by Crippen LogP contribution is 2.26. The van der Waals surface area contributed by atoms with Crippen LogP contribution in [0.15, 0.2) is 47.3 Å². The third-order valence-electron chi connectivity index (χ3n) is 5.29. The number of hydrogen-bond acceptors (Lipinski definition) is 3. The van der Waals surface area contributed by atoms with Gasteiger partial charge in [-0.25, -0.2) is 4.98 Å². The zero-order valence-corrected chi connectivity index (χ0v) is 18.9. The Morgan fingerprint density at radius 3 is 2.50 bits per heavy atom. The van der Waals surface area contributed by atoms with Crippen LogP contribution >= 0.6 is 11.6 Å². The number of rotatable bonds is 6. The van der Waals surface area contributed by atoms with Gasteiger partial charge < -0.3 is 4.90 Å². The Morgan fingerprint density at radius 2 is 1.87 bits per heavy atom. The molecule has 0 aliphatic heterocycles. The molecule has 0 saturated carbocycles. The minimum absolute atomic E-state index is 0.0572. The van der Waals surface area contributed by atoms with Gasteiger partial charge in [0.1, 0.15) is 5.82 Å². The fraction of sp³-hybridized carbons (Fsp3) is 0.375. The number of carbonyl (C=O) groups excluding carboxylic acids is 1. The first-order valence-corrected chi connectivity index (χ1v) is 10.7. The van der Waals surface area contributed by atoms with Crippen molar-refractivity contribution >= 4 is 28.4 Å². The van der Waals surface area contributed by atoms with Gasteiger partial charge in [0.25, 0.3) is 5.56 Å². The molecule has 2 aromatic carbocycles. The summed E-state index contributed by atoms with van der Waals surface area (Å²) in [5, 5.41) is 1.15. The van der Waals surface area contributed by atoms with Crippen molar-refractivity contribution < 1.29 is 4.79 Å². The van der Waals surface area contributed by atoms with E-state index in [-0.39, 0.29) is 23.4 Å². The first-order chi connectivity index (χ1) is 14.2. The molecule has 0 N–H and O–H groups in total. The van der Waals surface area contributed by atoms with Crippen LogP contribution in [-0.4, -0.2) is 26.9 Å². The number of fused-ring (bicyclic) bond motifs is 1. The topological polar surface area (TPSA) is 55.2 Å². The monoisotopic (exact) mass is 425 g/mol. The maximum atomic E-state index is 13.5. The standard InChI is InChI=1S/C24H28ClN3O2/c1-6-27(22(29)13-15(2)3)17(5)23-26-20-10-8-7-9-19(20)24(30)28(23)21-12-11-18(25)14-16(21)4/h7-12,14-15,17H,6,13H2,1-5H3. The summed E-state index contributed by atoms with van der Waals surface area (Å²) in [6.07, 6.45) is 0.454. The van der Waals surface area contributed by atoms with Crippen molar-refractivity contribution in [3.63, 3.8) is 0 Å². The number of hydrogen-bond donors (Lipinski definition) is 0. The van der Waals surface area contributed by atoms with E-state index in [2.05, 4.69) is 0 Å². The van der Waals surface area contributed by atoms with Crippen molar-refractivity contribution in [2.75, 3.05) is 6.54 Å². The number of para-hydroxylation sites is 1. The molecule has 0 fully saturated rings. The molecule has 30 heavy (non-hydrogen) atoms. The average molecular weight is 426 g/mol. The summed E-state index contributed by atoms with van der Waals surface area (Å²) in [7, 11) is 0. The van der Waals surface area contributed by atoms with E-state index < -0.39 is 0 Å². The first kappa shape index (κ1) is 22.0. The average Bonchev–Trinajstić information content (AvgIpc) is 2.68. The molecule has 5 nitrogen and oxygen atoms in total. The second-order valence-corrected chi connectivity index (χ2v) is 8.45. The van der Waals surface area contributed by atoms with Gasteiger partial charge in [0.05, 0.1) is 22.6 Å². The lowest BCUT2D eigenvalue weighted by Crippen LogP contribution is -2.37. The van der Waals surface area contributed by atoms with Crippen LogP contribution in [-0.2, 0) is 4.79 Å². The van der Waals surface area contributed by atoms with E-state index >= 15 is 0 Å². The van der Waals surface area contributed by atoms with Crippen LogP contribution in [0.2, 0.25) is 5.02 Å². The van der Waals surface area contributed by atoms with Crippen LogP contribution < -0.4 is 5.56 Å². The highest BCUT2D eigenvalue weighted by molar-refractivity contribution is 6.30. The number of aryl methyl sites for hydroxylation is 1. The van der Waals surface area contributed by atoms with Crippen LogP contribution in [0.3, 0.4) is 0 Å². The number of amides is 1. The molecule has 1 unspecified atom stereocenters. The van der Waals surface area contributed by atoms with Crippen LogP contribution in [0, 0.1) is 12.8 Å². The van der Waals surface area contributed by atoms with Gasteiger partial charge >= 0.3 is 0 Å². The summed E-state index contributed by atoms with van der Waals surface area (Å²) in [5.74, 6) is 0.855. The number of halogens is 1. The maximum absolute atomic E-state index is 13.5. The number of nitrogens with zero attached hydrogens (tertiary/aromatic N) is 3. The van der Waals surface area contributed by atoms with Crippen LogP contribution in [0.25, 0.3) is 16.6 Å². The summed E-state index contributed by atoms with van der Waals surface area (Å²) in [5.41, 5.74) is 2.06. The van der Waals surface area contributed by atoms with Crippen LogP contribution in [0.4, 0.5) is 0 Å². The van der Waals surface area contributed by atoms with Crippen LogP contribution in [0.5, 0.6) is 0 Å². The molecule has 0 aliphatic rings. The van der Waals surface area contributed by atoms with Gasteiger partial charge in [-0.15, -0.1) is 0 Å². The van der Waals surface area contributed by atoms with Crippen molar-refractivity contribution in [3.05, 3.63) is 69.2 Å². The fourth-order valence-corrected chi connectivity index (χ4v) is 4.03. The molecule has 1 heterocycles. The second kappa shape index (κ2) is 9.00. The summed E-state index contributed by atoms with van der Waals surface area (Å²) in [6, 6.07) is 12.4. The molecule has 0 saturated heterocycles. The molecule has 3 rings (SSSR count). The lowest BCUT2D eigenvalue weighted by atomic mass is 10.1. The van der Waals surface area contributed by atoms with Gasteiger partial charge in [0.15, 0.2) is 0 Å². The molecular weight excluding hydrogens is 398 g/mol. The van der Waals surface area contributed by atoms with Gasteiger partial charge in [-0.2, -0.15) is 0 Å². The second-order valence-electron chi connectivity index (χ2n) is 8.01. The Kier molecular flexibility index (Phi) is 6.61. The fourth-order valence-electron chi connectivity index (χ4n) is 3.80. The smallest absolute Gasteiger partial charge is 0.266 e. The summed E-state index contributed by atoms with van der Waals surface area (Å²) < 4.78 is 1.63. The highest BCUT2D eigenvalue weighted by Gasteiger charge is 2.26. The molecule has 158 valence electrons. The Morgan fingerprint density at radius 1 is 1.17 bits per heavy atom. The summed E-state index contributed by atoms with van der Waals surface area (Å²) >= 11 is 6.15. The normalized spacial score (nSPS) is 12.4. The lowest BCUT2D eigenvalue weighted by molar-refractivity contribution is -0.134. The third-order valence-corrected chi connectivity index (χ3v) is 5.52. The van der Waals surface area contributed by atoms with Gasteiger partial charge in [-0.3, -0.25) is 14.2 Å². The molecule has 1 atom stereocenters. The van der Waals surface area contributed by atoms with Crippen molar-refractivity contribution in [2.24, 2.45) is 5.92 Å². The molecule has 0 bridgehead atoms. The maximum Gasteiger partial charge on any atom is 0.266 e. The van der Waals surface area contributed by atoms with Crippen molar-refractivity contribution in [3.8, 4) is 5.69 Å². The van der Waals surface area contributed by atoms with Gasteiger partial charge in [0.2, 0.25) is 5.91 Å². The molecule has 0 spiro atoms. The van der Waals surface area contributed by atoms with E-state index in [0.717, 1.165) is 11.3 Å². The Hall–Kier alpha value is -2.66. The minimum atomic E-state index is -0.367. The molecular formula is C24H28ClN3O2. The van der Waals surface area contributed by atoms with Crippen molar-refractivity contribution in [2.45, 2.75) is 47.1 Å². The predicted molar refractivity (Wildman–Crippen MR) is 122 cm³/mol. The van der Waals surface area contributed by atoms with Crippen molar-refractivity contribution in [1.29, 1.82) is 0 Å². The molecule has 0 radical (unpaired) electrons. The van der Waals surface area contributed by atoms with E-state index in [1.807, 2.05) is 65.0 Å². The van der Waals surface area contributed by atoms with E-state index in [9.17, 15) is 9.59 Å². The van der Waals surface area contributed by atoms with E-state index in [1.54, 1.807) is 21.6 Å². The summed E-state index contributed by atoms with van der Waals surface area (Å²) in [4.78, 5) is 33.1. The Labute approximate surface area is 182 Å². The lowest BCUT2D eigenvalue weighted by Gasteiger charge is -2.30. The third kappa shape index (κ3) is 4.26. The molecule has 6 heteroatoms. The SMILES string of the molecule is CCN(C(=O)CC(C)C)C(C)c1nc2ccccc2c(=O)n1-c1ccc(Cl)cc1C. The quantitative estimate of drug-likeness (QED) is 0.538. The molecule has 1 amide bonds. The zero-order valence-electron chi connectivity index (χ0n) is 18.1. The first-order valence-electron chi connectivity index (χ1n) is 10.3. The highest BCUT2D eigenvalue weighted by atomic mass is 35.5. The number of benzene rings is 2. The van der Waals surface area contributed by atoms with E-state index in [4.69, 9.17) is 16.6 Å². The Balaban J connectivity index is 2.27. The molecule has 3 aromatic rings. The number of aromatic nitrogens is 2. The molecule has 1 aromatic heterocycles. The minimum Gasteiger partial charge on any atom is -0.333 e. The van der Waals surface area contributed by atoms with E-state index in [1.165, 1.54) is 0 Å². The van der Waals surface area contributed by atoms with Gasteiger partial charge in [-0.05, 0) is 62.6 Å². The Bertz CT molecular complexity index is 1140. The van der Waals surface area contributed by atoms with Gasteiger partial charge in [0, 0.05) is 18.0 Å². The zero-order chi connectivity index (χ0) is 22.0. The number of carbonyl (C=O) groups is 1.